The number of ether oxygens (including phenoxy) is 2. The van der Waals surface area contributed by atoms with Crippen LogP contribution in [0.15, 0.2) is 42.7 Å². The number of rotatable bonds is 5. The number of aromatic nitrogens is 1. The second kappa shape index (κ2) is 6.53. The van der Waals surface area contributed by atoms with Crippen LogP contribution in [0, 0.1) is 11.3 Å². The van der Waals surface area contributed by atoms with Gasteiger partial charge in [-0.15, -0.1) is 0 Å². The predicted molar refractivity (Wildman–Crippen MR) is 76.5 cm³/mol. The van der Waals surface area contributed by atoms with Crippen LogP contribution in [0.2, 0.25) is 0 Å². The van der Waals surface area contributed by atoms with Crippen molar-refractivity contribution in [3.63, 3.8) is 0 Å². The van der Waals surface area contributed by atoms with E-state index in [1.165, 1.54) is 26.6 Å². The van der Waals surface area contributed by atoms with Crippen molar-refractivity contribution in [1.82, 2.24) is 4.98 Å². The largest absolute Gasteiger partial charge is 0.493 e. The number of nitrogens with zero attached hydrogens (tertiary/aromatic N) is 2. The third kappa shape index (κ3) is 3.00. The Hall–Kier alpha value is -2.87. The van der Waals surface area contributed by atoms with Gasteiger partial charge in [-0.05, 0) is 29.8 Å². The molecule has 106 valence electrons. The summed E-state index contributed by atoms with van der Waals surface area (Å²) in [5, 5.41) is 9.34. The summed E-state index contributed by atoms with van der Waals surface area (Å²) in [6.07, 6.45) is 3.05. The van der Waals surface area contributed by atoms with Crippen molar-refractivity contribution in [2.24, 2.45) is 0 Å². The molecule has 1 atom stereocenters. The van der Waals surface area contributed by atoms with Crippen LogP contribution in [0.1, 0.15) is 21.8 Å². The van der Waals surface area contributed by atoms with Crippen LogP contribution in [0.5, 0.6) is 11.5 Å². The van der Waals surface area contributed by atoms with Crippen molar-refractivity contribution < 1.29 is 14.3 Å². The zero-order valence-electron chi connectivity index (χ0n) is 11.7. The van der Waals surface area contributed by atoms with Crippen molar-refractivity contribution in [3.05, 3.63) is 53.9 Å². The van der Waals surface area contributed by atoms with Crippen molar-refractivity contribution >= 4 is 5.78 Å². The molecule has 0 fully saturated rings. The lowest BCUT2D eigenvalue weighted by Gasteiger charge is -2.12. The quantitative estimate of drug-likeness (QED) is 0.788. The minimum absolute atomic E-state index is 0.271. The van der Waals surface area contributed by atoms with Gasteiger partial charge in [-0.1, -0.05) is 6.07 Å². The van der Waals surface area contributed by atoms with Gasteiger partial charge in [0.1, 0.15) is 5.92 Å². The lowest BCUT2D eigenvalue weighted by Crippen LogP contribution is -2.11. The molecule has 0 saturated carbocycles. The first kappa shape index (κ1) is 14.5. The maximum Gasteiger partial charge on any atom is 0.184 e. The topological polar surface area (TPSA) is 72.2 Å². The summed E-state index contributed by atoms with van der Waals surface area (Å²) < 4.78 is 10.3. The molecule has 0 aliphatic carbocycles. The van der Waals surface area contributed by atoms with Crippen LogP contribution in [-0.4, -0.2) is 25.0 Å². The molecule has 1 unspecified atom stereocenters. The highest BCUT2D eigenvalue weighted by molar-refractivity contribution is 6.02. The van der Waals surface area contributed by atoms with Crippen LogP contribution in [-0.2, 0) is 0 Å². The van der Waals surface area contributed by atoms with Gasteiger partial charge < -0.3 is 9.47 Å². The molecule has 0 bridgehead atoms. The van der Waals surface area contributed by atoms with E-state index in [4.69, 9.17) is 9.47 Å². The van der Waals surface area contributed by atoms with Gasteiger partial charge in [-0.2, -0.15) is 5.26 Å². The molecule has 21 heavy (non-hydrogen) atoms. The Balaban J connectivity index is 2.39. The smallest absolute Gasteiger partial charge is 0.184 e. The molecule has 0 saturated heterocycles. The monoisotopic (exact) mass is 282 g/mol. The maximum atomic E-state index is 12.4. The van der Waals surface area contributed by atoms with Crippen LogP contribution in [0.3, 0.4) is 0 Å². The highest BCUT2D eigenvalue weighted by Gasteiger charge is 2.23. The Bertz CT molecular complexity index is 678. The fraction of sp³-hybridized carbons (Fsp3) is 0.188. The van der Waals surface area contributed by atoms with Crippen LogP contribution in [0.25, 0.3) is 0 Å². The molecule has 1 heterocycles. The Morgan fingerprint density at radius 3 is 2.38 bits per heavy atom. The van der Waals surface area contributed by atoms with Gasteiger partial charge in [0.05, 0.1) is 20.3 Å². The molecule has 0 radical (unpaired) electrons. The van der Waals surface area contributed by atoms with Crippen LogP contribution < -0.4 is 9.47 Å². The number of benzene rings is 1. The minimum atomic E-state index is -0.896. The summed E-state index contributed by atoms with van der Waals surface area (Å²) in [7, 11) is 3.04. The van der Waals surface area contributed by atoms with Gasteiger partial charge in [0.15, 0.2) is 17.3 Å². The van der Waals surface area contributed by atoms with E-state index in [1.807, 2.05) is 6.07 Å². The third-order valence-corrected chi connectivity index (χ3v) is 3.10. The van der Waals surface area contributed by atoms with Crippen molar-refractivity contribution in [2.75, 3.05) is 14.2 Å². The van der Waals surface area contributed by atoms with Gasteiger partial charge in [-0.25, -0.2) is 0 Å². The number of ketones is 1. The van der Waals surface area contributed by atoms with Gasteiger partial charge in [0.2, 0.25) is 0 Å². The lowest BCUT2D eigenvalue weighted by molar-refractivity contribution is 0.0978. The molecule has 0 aliphatic rings. The fourth-order valence-corrected chi connectivity index (χ4v) is 2.00. The predicted octanol–water partition coefficient (Wildman–Crippen LogP) is 2.59. The molecular weight excluding hydrogens is 268 g/mol. The van der Waals surface area contributed by atoms with Gasteiger partial charge in [-0.3, -0.25) is 9.78 Å². The summed E-state index contributed by atoms with van der Waals surface area (Å²) in [4.78, 5) is 16.3. The first-order valence-corrected chi connectivity index (χ1v) is 6.27. The maximum absolute atomic E-state index is 12.4. The zero-order valence-corrected chi connectivity index (χ0v) is 11.7. The zero-order chi connectivity index (χ0) is 15.2. The van der Waals surface area contributed by atoms with Gasteiger partial charge in [0.25, 0.3) is 0 Å². The van der Waals surface area contributed by atoms with E-state index >= 15 is 0 Å². The van der Waals surface area contributed by atoms with E-state index in [2.05, 4.69) is 4.98 Å². The highest BCUT2D eigenvalue weighted by Crippen LogP contribution is 2.31. The van der Waals surface area contributed by atoms with E-state index in [0.717, 1.165) is 0 Å². The number of pyridine rings is 1. The molecular formula is C16H14N2O3. The number of nitriles is 1. The summed E-state index contributed by atoms with van der Waals surface area (Å²) in [5.74, 6) is -0.133. The van der Waals surface area contributed by atoms with E-state index in [-0.39, 0.29) is 5.78 Å². The summed E-state index contributed by atoms with van der Waals surface area (Å²) in [6, 6.07) is 10.2. The molecule has 0 N–H and O–H groups in total. The summed E-state index contributed by atoms with van der Waals surface area (Å²) >= 11 is 0. The summed E-state index contributed by atoms with van der Waals surface area (Å²) in [5.41, 5.74) is 1.02. The molecule has 1 aromatic heterocycles. The first-order chi connectivity index (χ1) is 10.2. The molecule has 1 aromatic carbocycles. The Labute approximate surface area is 122 Å². The lowest BCUT2D eigenvalue weighted by atomic mass is 9.92. The van der Waals surface area contributed by atoms with E-state index in [0.29, 0.717) is 22.6 Å². The SMILES string of the molecule is COc1ccc(C(C#N)C(=O)c2ccncc2)cc1OC. The minimum Gasteiger partial charge on any atom is -0.493 e. The Morgan fingerprint density at radius 2 is 1.81 bits per heavy atom. The molecule has 0 spiro atoms. The first-order valence-electron chi connectivity index (χ1n) is 6.27. The third-order valence-electron chi connectivity index (χ3n) is 3.10. The molecule has 0 amide bonds. The Morgan fingerprint density at radius 1 is 1.14 bits per heavy atom. The second-order valence-corrected chi connectivity index (χ2v) is 4.28. The number of methoxy groups -OCH3 is 2. The van der Waals surface area contributed by atoms with Gasteiger partial charge >= 0.3 is 0 Å². The Kier molecular flexibility index (Phi) is 4.52. The molecule has 0 aliphatic heterocycles. The van der Waals surface area contributed by atoms with Crippen LogP contribution >= 0.6 is 0 Å². The number of hydrogen-bond acceptors (Lipinski definition) is 5. The number of hydrogen-bond donors (Lipinski definition) is 0. The van der Waals surface area contributed by atoms with E-state index in [1.54, 1.807) is 30.3 Å². The normalized spacial score (nSPS) is 11.3. The number of carbonyl (C=O) groups is 1. The molecule has 5 heteroatoms. The van der Waals surface area contributed by atoms with Crippen molar-refractivity contribution in [1.29, 1.82) is 5.26 Å². The number of carbonyl (C=O) groups excluding carboxylic acids is 1. The molecule has 2 rings (SSSR count). The standard InChI is InChI=1S/C16H14N2O3/c1-20-14-4-3-12(9-15(14)21-2)13(10-17)16(19)11-5-7-18-8-6-11/h3-9,13H,1-2H3. The van der Waals surface area contributed by atoms with Crippen molar-refractivity contribution in [3.8, 4) is 17.6 Å². The van der Waals surface area contributed by atoms with E-state index in [9.17, 15) is 10.1 Å². The fourth-order valence-electron chi connectivity index (χ4n) is 2.00. The summed E-state index contributed by atoms with van der Waals surface area (Å²) in [6.45, 7) is 0. The second-order valence-electron chi connectivity index (χ2n) is 4.28. The van der Waals surface area contributed by atoms with E-state index < -0.39 is 5.92 Å². The van der Waals surface area contributed by atoms with Crippen molar-refractivity contribution in [2.45, 2.75) is 5.92 Å². The molecule has 2 aromatic rings. The highest BCUT2D eigenvalue weighted by atomic mass is 16.5. The molecule has 5 nitrogen and oxygen atoms in total. The van der Waals surface area contributed by atoms with Crippen LogP contribution in [0.4, 0.5) is 0 Å². The van der Waals surface area contributed by atoms with Gasteiger partial charge in [0, 0.05) is 18.0 Å². The average Bonchev–Trinajstić information content (AvgIpc) is 2.56. The average molecular weight is 282 g/mol. The number of Topliss-reactive ketones (excluding diaryl/α,β-unsaturated/α-hetero) is 1.